The molecular weight excluding hydrogens is 362 g/mol. The molecule has 3 aromatic rings. The summed E-state index contributed by atoms with van der Waals surface area (Å²) in [5, 5.41) is 9.58. The Labute approximate surface area is 164 Å². The summed E-state index contributed by atoms with van der Waals surface area (Å²) in [6, 6.07) is 9.56. The number of rotatable bonds is 6. The van der Waals surface area contributed by atoms with Crippen molar-refractivity contribution >= 4 is 17.5 Å². The fraction of sp³-hybridized carbons (Fsp3) is 0.350. The van der Waals surface area contributed by atoms with Crippen molar-refractivity contribution in [2.24, 2.45) is 0 Å². The van der Waals surface area contributed by atoms with E-state index in [4.69, 9.17) is 11.6 Å². The topological polar surface area (TPSA) is 56.0 Å². The largest absolute Gasteiger partial charge is 0.336 e. The highest BCUT2D eigenvalue weighted by Crippen LogP contribution is 2.20. The average Bonchev–Trinajstić information content (AvgIpc) is 3.22. The first-order chi connectivity index (χ1) is 12.9. The van der Waals surface area contributed by atoms with Crippen molar-refractivity contribution in [3.8, 4) is 0 Å². The van der Waals surface area contributed by atoms with Crippen molar-refractivity contribution in [3.63, 3.8) is 0 Å². The normalized spacial score (nSPS) is 11.0. The molecule has 3 rings (SSSR count). The van der Waals surface area contributed by atoms with Gasteiger partial charge in [-0.2, -0.15) is 10.2 Å². The molecule has 1 aromatic carbocycles. The van der Waals surface area contributed by atoms with E-state index in [1.165, 1.54) is 0 Å². The van der Waals surface area contributed by atoms with Crippen LogP contribution in [-0.4, -0.2) is 37.4 Å². The predicted molar refractivity (Wildman–Crippen MR) is 106 cm³/mol. The Balaban J connectivity index is 1.66. The molecule has 0 unspecified atom stereocenters. The van der Waals surface area contributed by atoms with Gasteiger partial charge >= 0.3 is 0 Å². The zero-order valence-electron chi connectivity index (χ0n) is 16.1. The van der Waals surface area contributed by atoms with Crippen LogP contribution in [0.25, 0.3) is 0 Å². The van der Waals surface area contributed by atoms with Crippen LogP contribution in [0.3, 0.4) is 0 Å². The van der Waals surface area contributed by atoms with Crippen LogP contribution in [0.1, 0.15) is 39.9 Å². The molecule has 0 saturated carbocycles. The summed E-state index contributed by atoms with van der Waals surface area (Å²) < 4.78 is 3.73. The van der Waals surface area contributed by atoms with Gasteiger partial charge in [0, 0.05) is 25.4 Å². The van der Waals surface area contributed by atoms with Crippen LogP contribution in [-0.2, 0) is 19.6 Å². The third kappa shape index (κ3) is 4.22. The second-order valence-electron chi connectivity index (χ2n) is 6.66. The molecule has 0 fully saturated rings. The molecular formula is C20H24ClN5O. The molecule has 0 aliphatic rings. The lowest BCUT2D eigenvalue weighted by Gasteiger charge is -2.16. The fourth-order valence-electron chi connectivity index (χ4n) is 2.95. The summed E-state index contributed by atoms with van der Waals surface area (Å²) in [5.74, 6) is -0.0262. The van der Waals surface area contributed by atoms with Crippen LogP contribution in [0.5, 0.6) is 0 Å². The van der Waals surface area contributed by atoms with Crippen LogP contribution in [0.4, 0.5) is 0 Å². The lowest BCUT2D eigenvalue weighted by atomic mass is 10.1. The second-order valence-corrected chi connectivity index (χ2v) is 7.04. The van der Waals surface area contributed by atoms with E-state index in [0.29, 0.717) is 23.7 Å². The molecule has 142 valence electrons. The van der Waals surface area contributed by atoms with Crippen molar-refractivity contribution in [2.75, 3.05) is 7.05 Å². The van der Waals surface area contributed by atoms with Crippen molar-refractivity contribution in [1.82, 2.24) is 24.5 Å². The summed E-state index contributed by atoms with van der Waals surface area (Å²) in [6.45, 7) is 7.81. The Morgan fingerprint density at radius 1 is 1.15 bits per heavy atom. The number of aromatic nitrogens is 4. The van der Waals surface area contributed by atoms with Gasteiger partial charge in [-0.15, -0.1) is 0 Å². The standard InChI is InChI=1S/C20H24ClN5O/c1-5-25-11-10-18(23-25)13-24(4)20(27)17-8-6-16(7-9-17)12-26-15(3)19(21)14(2)22-26/h6-11H,5,12-13H2,1-4H3. The molecule has 0 bridgehead atoms. The van der Waals surface area contributed by atoms with Gasteiger partial charge in [-0.3, -0.25) is 14.2 Å². The minimum absolute atomic E-state index is 0.0262. The van der Waals surface area contributed by atoms with Crippen LogP contribution < -0.4 is 0 Å². The van der Waals surface area contributed by atoms with E-state index in [1.54, 1.807) is 11.9 Å². The van der Waals surface area contributed by atoms with Crippen molar-refractivity contribution in [3.05, 3.63) is 69.8 Å². The first kappa shape index (κ1) is 19.2. The van der Waals surface area contributed by atoms with Gasteiger partial charge in [0.2, 0.25) is 0 Å². The molecule has 2 aromatic heterocycles. The lowest BCUT2D eigenvalue weighted by Crippen LogP contribution is -2.26. The van der Waals surface area contributed by atoms with Gasteiger partial charge in [0.05, 0.1) is 35.2 Å². The minimum Gasteiger partial charge on any atom is -0.336 e. The van der Waals surface area contributed by atoms with Gasteiger partial charge in [0.15, 0.2) is 0 Å². The van der Waals surface area contributed by atoms with Gasteiger partial charge in [-0.25, -0.2) is 0 Å². The molecule has 6 nitrogen and oxygen atoms in total. The van der Waals surface area contributed by atoms with E-state index >= 15 is 0 Å². The summed E-state index contributed by atoms with van der Waals surface area (Å²) in [5.41, 5.74) is 4.38. The van der Waals surface area contributed by atoms with Crippen LogP contribution >= 0.6 is 11.6 Å². The Bertz CT molecular complexity index is 942. The van der Waals surface area contributed by atoms with Gasteiger partial charge in [0.25, 0.3) is 5.91 Å². The van der Waals surface area contributed by atoms with Gasteiger partial charge in [-0.1, -0.05) is 23.7 Å². The van der Waals surface area contributed by atoms with Crippen molar-refractivity contribution in [2.45, 2.75) is 40.4 Å². The zero-order chi connectivity index (χ0) is 19.6. The quantitative estimate of drug-likeness (QED) is 0.650. The van der Waals surface area contributed by atoms with Crippen LogP contribution in [0, 0.1) is 13.8 Å². The molecule has 1 amide bonds. The van der Waals surface area contributed by atoms with Gasteiger partial charge in [-0.05, 0) is 44.5 Å². The maximum Gasteiger partial charge on any atom is 0.253 e. The molecule has 27 heavy (non-hydrogen) atoms. The first-order valence-electron chi connectivity index (χ1n) is 8.95. The van der Waals surface area contributed by atoms with E-state index in [-0.39, 0.29) is 5.91 Å². The van der Waals surface area contributed by atoms with Crippen molar-refractivity contribution in [1.29, 1.82) is 0 Å². The van der Waals surface area contributed by atoms with Gasteiger partial charge in [0.1, 0.15) is 0 Å². The number of aryl methyl sites for hydroxylation is 2. The molecule has 2 heterocycles. The maximum absolute atomic E-state index is 12.7. The number of hydrogen-bond donors (Lipinski definition) is 0. The third-order valence-electron chi connectivity index (χ3n) is 4.59. The molecule has 0 aliphatic carbocycles. The predicted octanol–water partition coefficient (Wildman–Crippen LogP) is 3.69. The van der Waals surface area contributed by atoms with E-state index in [1.807, 2.05) is 66.7 Å². The average molecular weight is 386 g/mol. The second kappa shape index (κ2) is 7.96. The van der Waals surface area contributed by atoms with E-state index in [0.717, 1.165) is 29.2 Å². The van der Waals surface area contributed by atoms with E-state index in [2.05, 4.69) is 10.2 Å². The third-order valence-corrected chi connectivity index (χ3v) is 5.14. The van der Waals surface area contributed by atoms with Gasteiger partial charge < -0.3 is 4.90 Å². The molecule has 0 spiro atoms. The van der Waals surface area contributed by atoms with Crippen LogP contribution in [0.2, 0.25) is 5.02 Å². The van der Waals surface area contributed by atoms with Crippen molar-refractivity contribution < 1.29 is 4.79 Å². The number of amides is 1. The Kier molecular flexibility index (Phi) is 5.65. The highest BCUT2D eigenvalue weighted by molar-refractivity contribution is 6.31. The highest BCUT2D eigenvalue weighted by Gasteiger charge is 2.14. The van der Waals surface area contributed by atoms with E-state index in [9.17, 15) is 4.79 Å². The number of carbonyl (C=O) groups is 1. The first-order valence-corrected chi connectivity index (χ1v) is 9.33. The summed E-state index contributed by atoms with van der Waals surface area (Å²) in [4.78, 5) is 14.3. The summed E-state index contributed by atoms with van der Waals surface area (Å²) >= 11 is 6.20. The minimum atomic E-state index is -0.0262. The number of benzene rings is 1. The Morgan fingerprint density at radius 2 is 1.85 bits per heavy atom. The Hall–Kier alpha value is -2.60. The van der Waals surface area contributed by atoms with E-state index < -0.39 is 0 Å². The smallest absolute Gasteiger partial charge is 0.253 e. The highest BCUT2D eigenvalue weighted by atomic mass is 35.5. The number of hydrogen-bond acceptors (Lipinski definition) is 3. The Morgan fingerprint density at radius 3 is 2.41 bits per heavy atom. The lowest BCUT2D eigenvalue weighted by molar-refractivity contribution is 0.0783. The number of halogens is 1. The molecule has 0 radical (unpaired) electrons. The maximum atomic E-state index is 12.7. The number of carbonyl (C=O) groups excluding carboxylic acids is 1. The molecule has 0 saturated heterocycles. The monoisotopic (exact) mass is 385 g/mol. The molecule has 0 N–H and O–H groups in total. The molecule has 7 heteroatoms. The summed E-state index contributed by atoms with van der Waals surface area (Å²) in [6.07, 6.45) is 1.92. The molecule has 0 aliphatic heterocycles. The SMILES string of the molecule is CCn1ccc(CN(C)C(=O)c2ccc(Cn3nc(C)c(Cl)c3C)cc2)n1. The zero-order valence-corrected chi connectivity index (χ0v) is 16.9. The fourth-order valence-corrected chi connectivity index (χ4v) is 3.09. The summed E-state index contributed by atoms with van der Waals surface area (Å²) in [7, 11) is 1.79. The number of nitrogens with zero attached hydrogens (tertiary/aromatic N) is 5. The molecule has 0 atom stereocenters. The van der Waals surface area contributed by atoms with Crippen LogP contribution in [0.15, 0.2) is 36.5 Å².